The Kier molecular flexibility index (Phi) is 3.23. The van der Waals surface area contributed by atoms with E-state index in [4.69, 9.17) is 11.6 Å². The lowest BCUT2D eigenvalue weighted by Gasteiger charge is -2.13. The molecular weight excluding hydrogens is 315 g/mol. The summed E-state index contributed by atoms with van der Waals surface area (Å²) < 4.78 is 16.5. The number of rotatable bonds is 2. The third-order valence-electron chi connectivity index (χ3n) is 4.02. The van der Waals surface area contributed by atoms with Gasteiger partial charge in [0.2, 0.25) is 0 Å². The second-order valence-electron chi connectivity index (χ2n) is 5.37. The van der Waals surface area contributed by atoms with Gasteiger partial charge in [0, 0.05) is 17.5 Å². The van der Waals surface area contributed by atoms with Crippen LogP contribution in [0.2, 0.25) is 5.15 Å². The number of nitrogens with zero attached hydrogens (tertiary/aromatic N) is 4. The highest BCUT2D eigenvalue weighted by Gasteiger charge is 2.19. The Bertz CT molecular complexity index is 1030. The van der Waals surface area contributed by atoms with E-state index in [0.717, 1.165) is 5.69 Å². The second-order valence-corrected chi connectivity index (χ2v) is 5.76. The lowest BCUT2D eigenvalue weighted by Crippen LogP contribution is -2.05. The van der Waals surface area contributed by atoms with Crippen LogP contribution in [0.1, 0.15) is 24.1 Å². The van der Waals surface area contributed by atoms with Gasteiger partial charge in [-0.05, 0) is 35.9 Å². The fraction of sp³-hybridized carbons (Fsp3) is 0.118. The van der Waals surface area contributed by atoms with Crippen molar-refractivity contribution in [1.82, 2.24) is 19.6 Å². The van der Waals surface area contributed by atoms with Crippen LogP contribution in [0.3, 0.4) is 0 Å². The van der Waals surface area contributed by atoms with Crippen molar-refractivity contribution in [2.75, 3.05) is 0 Å². The molecule has 0 spiro atoms. The first kappa shape index (κ1) is 14.1. The molecule has 0 aliphatic heterocycles. The molecule has 0 amide bonds. The molecule has 3 aromatic heterocycles. The Morgan fingerprint density at radius 3 is 2.87 bits per heavy atom. The van der Waals surface area contributed by atoms with Gasteiger partial charge in [-0.15, -0.1) is 0 Å². The third kappa shape index (κ3) is 2.24. The largest absolute Gasteiger partial charge is 0.256 e. The van der Waals surface area contributed by atoms with E-state index >= 15 is 0 Å². The van der Waals surface area contributed by atoms with Crippen LogP contribution in [0.5, 0.6) is 0 Å². The van der Waals surface area contributed by atoms with Gasteiger partial charge >= 0.3 is 0 Å². The third-order valence-corrected chi connectivity index (χ3v) is 4.22. The molecule has 3 heterocycles. The van der Waals surface area contributed by atoms with E-state index < -0.39 is 0 Å². The zero-order valence-corrected chi connectivity index (χ0v) is 13.0. The lowest BCUT2D eigenvalue weighted by molar-refractivity contribution is 0.610. The molecule has 4 nitrogen and oxygen atoms in total. The van der Waals surface area contributed by atoms with E-state index in [0.29, 0.717) is 27.3 Å². The molecule has 0 aliphatic carbocycles. The van der Waals surface area contributed by atoms with Gasteiger partial charge < -0.3 is 0 Å². The number of aromatic nitrogens is 4. The van der Waals surface area contributed by atoms with Crippen molar-refractivity contribution in [3.63, 3.8) is 0 Å². The van der Waals surface area contributed by atoms with Gasteiger partial charge in [-0.25, -0.2) is 13.9 Å². The summed E-state index contributed by atoms with van der Waals surface area (Å²) in [6, 6.07) is 10.5. The van der Waals surface area contributed by atoms with Gasteiger partial charge in [-0.1, -0.05) is 24.6 Å². The summed E-state index contributed by atoms with van der Waals surface area (Å²) in [4.78, 5) is 8.48. The molecule has 6 heteroatoms. The average Bonchev–Trinajstić information content (AvgIpc) is 2.98. The summed E-state index contributed by atoms with van der Waals surface area (Å²) in [7, 11) is 0. The van der Waals surface area contributed by atoms with Crippen LogP contribution in [0.15, 0.2) is 48.8 Å². The Labute approximate surface area is 136 Å². The van der Waals surface area contributed by atoms with Gasteiger partial charge in [0.05, 0.1) is 17.4 Å². The van der Waals surface area contributed by atoms with Crippen molar-refractivity contribution in [2.24, 2.45) is 0 Å². The van der Waals surface area contributed by atoms with Crippen molar-refractivity contribution >= 4 is 28.2 Å². The predicted octanol–water partition coefficient (Wildman–Crippen LogP) is 4.22. The smallest absolute Gasteiger partial charge is 0.153 e. The van der Waals surface area contributed by atoms with Gasteiger partial charge in [0.15, 0.2) is 5.65 Å². The SMILES string of the molecule is C[C@H](c1ccc2ncccc2c1F)c1cnc2ccc(Cl)nn12. The normalized spacial score (nSPS) is 12.8. The standard InChI is InChI=1S/C17H12ClFN4/c1-10(14-9-21-16-7-6-15(18)22-23(14)16)11-4-5-13-12(17(11)19)3-2-8-20-13/h2-10H,1H3/t10-/m1/s1. The van der Waals surface area contributed by atoms with E-state index in [1.54, 1.807) is 47.2 Å². The van der Waals surface area contributed by atoms with E-state index in [1.165, 1.54) is 0 Å². The zero-order valence-electron chi connectivity index (χ0n) is 12.2. The summed E-state index contributed by atoms with van der Waals surface area (Å²) in [5.41, 5.74) is 2.68. The Hall–Kier alpha value is -2.53. The van der Waals surface area contributed by atoms with Gasteiger partial charge in [-0.2, -0.15) is 5.10 Å². The minimum absolute atomic E-state index is 0.222. The van der Waals surface area contributed by atoms with Crippen molar-refractivity contribution in [3.05, 3.63) is 71.0 Å². The summed E-state index contributed by atoms with van der Waals surface area (Å²) in [6.07, 6.45) is 3.36. The van der Waals surface area contributed by atoms with Crippen molar-refractivity contribution in [3.8, 4) is 0 Å². The molecule has 0 saturated heterocycles. The van der Waals surface area contributed by atoms with Crippen LogP contribution in [-0.2, 0) is 0 Å². The van der Waals surface area contributed by atoms with Gasteiger partial charge in [0.1, 0.15) is 11.0 Å². The molecular formula is C17H12ClFN4. The fourth-order valence-corrected chi connectivity index (χ4v) is 2.93. The monoisotopic (exact) mass is 326 g/mol. The molecule has 1 atom stereocenters. The van der Waals surface area contributed by atoms with Crippen LogP contribution < -0.4 is 0 Å². The Balaban J connectivity index is 1.89. The maximum atomic E-state index is 14.9. The summed E-state index contributed by atoms with van der Waals surface area (Å²) in [6.45, 7) is 1.92. The number of hydrogen-bond acceptors (Lipinski definition) is 3. The minimum Gasteiger partial charge on any atom is -0.256 e. The summed E-state index contributed by atoms with van der Waals surface area (Å²) in [5, 5.41) is 5.14. The molecule has 0 unspecified atom stereocenters. The molecule has 0 saturated carbocycles. The summed E-state index contributed by atoms with van der Waals surface area (Å²) in [5.74, 6) is -0.486. The summed E-state index contributed by atoms with van der Waals surface area (Å²) >= 11 is 5.97. The van der Waals surface area contributed by atoms with E-state index in [2.05, 4.69) is 15.1 Å². The van der Waals surface area contributed by atoms with E-state index in [-0.39, 0.29) is 11.7 Å². The molecule has 0 radical (unpaired) electrons. The first-order chi connectivity index (χ1) is 11.1. The first-order valence-corrected chi connectivity index (χ1v) is 7.56. The number of benzene rings is 1. The van der Waals surface area contributed by atoms with Crippen molar-refractivity contribution < 1.29 is 4.39 Å². The lowest BCUT2D eigenvalue weighted by atomic mass is 9.96. The van der Waals surface area contributed by atoms with Crippen LogP contribution in [0.4, 0.5) is 4.39 Å². The number of pyridine rings is 1. The topological polar surface area (TPSA) is 43.1 Å². The highest BCUT2D eigenvalue weighted by Crippen LogP contribution is 2.30. The minimum atomic E-state index is -0.264. The van der Waals surface area contributed by atoms with E-state index in [9.17, 15) is 4.39 Å². The van der Waals surface area contributed by atoms with Crippen molar-refractivity contribution in [2.45, 2.75) is 12.8 Å². The van der Waals surface area contributed by atoms with E-state index in [1.807, 2.05) is 13.0 Å². The van der Waals surface area contributed by atoms with Crippen LogP contribution in [0.25, 0.3) is 16.6 Å². The van der Waals surface area contributed by atoms with Crippen LogP contribution in [-0.4, -0.2) is 19.6 Å². The quantitative estimate of drug-likeness (QED) is 0.554. The maximum absolute atomic E-state index is 14.9. The molecule has 114 valence electrons. The predicted molar refractivity (Wildman–Crippen MR) is 87.2 cm³/mol. The highest BCUT2D eigenvalue weighted by atomic mass is 35.5. The number of halogens is 2. The molecule has 23 heavy (non-hydrogen) atoms. The van der Waals surface area contributed by atoms with Crippen LogP contribution in [0, 0.1) is 5.82 Å². The second kappa shape index (κ2) is 5.28. The number of hydrogen-bond donors (Lipinski definition) is 0. The molecule has 0 aliphatic rings. The van der Waals surface area contributed by atoms with Crippen LogP contribution >= 0.6 is 11.6 Å². The van der Waals surface area contributed by atoms with Crippen molar-refractivity contribution in [1.29, 1.82) is 0 Å². The zero-order chi connectivity index (χ0) is 16.0. The molecule has 4 aromatic rings. The first-order valence-electron chi connectivity index (χ1n) is 7.18. The highest BCUT2D eigenvalue weighted by molar-refractivity contribution is 6.29. The van der Waals surface area contributed by atoms with Gasteiger partial charge in [0.25, 0.3) is 0 Å². The number of imidazole rings is 1. The molecule has 0 N–H and O–H groups in total. The Morgan fingerprint density at radius 2 is 2.00 bits per heavy atom. The van der Waals surface area contributed by atoms with Gasteiger partial charge in [-0.3, -0.25) is 4.98 Å². The number of fused-ring (bicyclic) bond motifs is 2. The molecule has 0 fully saturated rings. The fourth-order valence-electron chi connectivity index (χ4n) is 2.79. The maximum Gasteiger partial charge on any atom is 0.153 e. The molecule has 0 bridgehead atoms. The Morgan fingerprint density at radius 1 is 1.13 bits per heavy atom. The average molecular weight is 327 g/mol. The molecule has 4 rings (SSSR count). The molecule has 1 aromatic carbocycles.